The summed E-state index contributed by atoms with van der Waals surface area (Å²) in [5, 5.41) is 15.9. The number of aromatic amines is 1. The Balaban J connectivity index is 1.28. The van der Waals surface area contributed by atoms with Crippen molar-refractivity contribution in [1.29, 1.82) is 0 Å². The van der Waals surface area contributed by atoms with Gasteiger partial charge in [-0.2, -0.15) is 0 Å². The summed E-state index contributed by atoms with van der Waals surface area (Å²) in [5.74, 6) is 0.836. The second-order valence-corrected chi connectivity index (χ2v) is 9.07. The highest BCUT2D eigenvalue weighted by Gasteiger charge is 2.17. The minimum atomic E-state index is -0.505. The summed E-state index contributed by atoms with van der Waals surface area (Å²) in [7, 11) is 0. The largest absolute Gasteiger partial charge is 0.489 e. The van der Waals surface area contributed by atoms with Crippen LogP contribution in [0.3, 0.4) is 0 Å². The highest BCUT2D eigenvalue weighted by molar-refractivity contribution is 5.94. The number of aromatic nitrogens is 3. The van der Waals surface area contributed by atoms with Crippen molar-refractivity contribution in [3.63, 3.8) is 0 Å². The number of aliphatic hydroxyl groups is 1. The Morgan fingerprint density at radius 3 is 2.54 bits per heavy atom. The molecule has 2 heterocycles. The fraction of sp³-hybridized carbons (Fsp3) is 0.129. The molecular weight excluding hydrogens is 490 g/mol. The van der Waals surface area contributed by atoms with E-state index in [0.29, 0.717) is 23.9 Å². The third-order valence-corrected chi connectivity index (χ3v) is 6.20. The molecule has 1 amide bonds. The lowest BCUT2D eigenvalue weighted by Crippen LogP contribution is -2.30. The maximum atomic E-state index is 12.9. The summed E-state index contributed by atoms with van der Waals surface area (Å²) >= 11 is 0. The molecule has 8 nitrogen and oxygen atoms in total. The first-order valence-electron chi connectivity index (χ1n) is 12.6. The van der Waals surface area contributed by atoms with Gasteiger partial charge in [0.15, 0.2) is 0 Å². The molecule has 0 aliphatic heterocycles. The van der Waals surface area contributed by atoms with Gasteiger partial charge in [0.25, 0.3) is 5.91 Å². The van der Waals surface area contributed by atoms with Crippen molar-refractivity contribution in [2.75, 3.05) is 11.9 Å². The number of nitrogens with one attached hydrogen (secondary N) is 3. The Bertz CT molecular complexity index is 1540. The lowest BCUT2D eigenvalue weighted by atomic mass is 10.1. The number of benzene rings is 3. The summed E-state index contributed by atoms with van der Waals surface area (Å²) < 4.78 is 5.93. The molecule has 196 valence electrons. The SMILES string of the molecule is Cc1cnc(Nc2cccc(OCc3ccccc3)c2)nc1-c1c[nH]c(C(=O)NC(CO)c2ccccc2)c1. The van der Waals surface area contributed by atoms with Gasteiger partial charge in [-0.15, -0.1) is 0 Å². The van der Waals surface area contributed by atoms with E-state index in [4.69, 9.17) is 9.72 Å². The van der Waals surface area contributed by atoms with E-state index in [1.807, 2.05) is 91.9 Å². The molecule has 1 unspecified atom stereocenters. The van der Waals surface area contributed by atoms with Crippen molar-refractivity contribution in [2.24, 2.45) is 0 Å². The number of hydrogen-bond acceptors (Lipinski definition) is 6. The predicted octanol–water partition coefficient (Wildman–Crippen LogP) is 5.57. The van der Waals surface area contributed by atoms with E-state index in [-0.39, 0.29) is 12.5 Å². The topological polar surface area (TPSA) is 112 Å². The van der Waals surface area contributed by atoms with Crippen molar-refractivity contribution in [3.05, 3.63) is 126 Å². The standard InChI is InChI=1S/C31H29N5O3/c1-21-17-33-31(34-25-13-8-14-26(16-25)39-20-22-9-4-2-5-10-22)36-29(21)24-15-27(32-18-24)30(38)35-28(19-37)23-11-6-3-7-12-23/h2-18,28,32,37H,19-20H2,1H3,(H,35,38)(H,33,34,36). The molecule has 4 N–H and O–H groups in total. The number of aryl methyl sites for hydroxylation is 1. The van der Waals surface area contributed by atoms with Gasteiger partial charge in [-0.05, 0) is 41.8 Å². The molecule has 1 atom stereocenters. The molecule has 0 fully saturated rings. The molecule has 5 rings (SSSR count). The second kappa shape index (κ2) is 12.1. The number of rotatable bonds is 10. The zero-order valence-corrected chi connectivity index (χ0v) is 21.5. The molecule has 39 heavy (non-hydrogen) atoms. The van der Waals surface area contributed by atoms with E-state index in [9.17, 15) is 9.90 Å². The molecule has 2 aromatic heterocycles. The highest BCUT2D eigenvalue weighted by atomic mass is 16.5. The van der Waals surface area contributed by atoms with Crippen molar-refractivity contribution in [1.82, 2.24) is 20.3 Å². The molecule has 5 aromatic rings. The van der Waals surface area contributed by atoms with Crippen LogP contribution in [0.25, 0.3) is 11.3 Å². The number of H-pyrrole nitrogens is 1. The molecule has 3 aromatic carbocycles. The Labute approximate surface area is 226 Å². The Hall–Kier alpha value is -4.95. The predicted molar refractivity (Wildman–Crippen MR) is 151 cm³/mol. The van der Waals surface area contributed by atoms with Crippen molar-refractivity contribution < 1.29 is 14.6 Å². The summed E-state index contributed by atoms with van der Waals surface area (Å²) in [6, 6.07) is 28.2. The number of hydrogen-bond donors (Lipinski definition) is 4. The molecule has 0 spiro atoms. The van der Waals surface area contributed by atoms with Crippen LogP contribution in [-0.4, -0.2) is 32.6 Å². The third-order valence-electron chi connectivity index (χ3n) is 6.20. The van der Waals surface area contributed by atoms with Gasteiger partial charge in [-0.25, -0.2) is 9.97 Å². The fourth-order valence-electron chi connectivity index (χ4n) is 4.15. The third kappa shape index (κ3) is 6.49. The fourth-order valence-corrected chi connectivity index (χ4v) is 4.15. The Morgan fingerprint density at radius 1 is 1.00 bits per heavy atom. The van der Waals surface area contributed by atoms with Crippen LogP contribution < -0.4 is 15.4 Å². The van der Waals surface area contributed by atoms with E-state index in [0.717, 1.165) is 33.7 Å². The zero-order valence-electron chi connectivity index (χ0n) is 21.5. The maximum Gasteiger partial charge on any atom is 0.268 e. The zero-order chi connectivity index (χ0) is 27.0. The number of amides is 1. The van der Waals surface area contributed by atoms with Crippen LogP contribution in [0.1, 0.15) is 33.2 Å². The molecule has 0 saturated heterocycles. The van der Waals surface area contributed by atoms with Crippen LogP contribution >= 0.6 is 0 Å². The van der Waals surface area contributed by atoms with Crippen molar-refractivity contribution in [2.45, 2.75) is 19.6 Å². The van der Waals surface area contributed by atoms with E-state index in [1.165, 1.54) is 0 Å². The number of nitrogens with zero attached hydrogens (tertiary/aromatic N) is 2. The van der Waals surface area contributed by atoms with E-state index < -0.39 is 6.04 Å². The number of ether oxygens (including phenoxy) is 1. The normalized spacial score (nSPS) is 11.5. The van der Waals surface area contributed by atoms with E-state index >= 15 is 0 Å². The van der Waals surface area contributed by atoms with E-state index in [2.05, 4.69) is 20.6 Å². The minimum absolute atomic E-state index is 0.206. The van der Waals surface area contributed by atoms with Gasteiger partial charge < -0.3 is 25.5 Å². The van der Waals surface area contributed by atoms with Gasteiger partial charge >= 0.3 is 0 Å². The summed E-state index contributed by atoms with van der Waals surface area (Å²) in [6.45, 7) is 2.19. The Kier molecular flexibility index (Phi) is 7.95. The average Bonchev–Trinajstić information content (AvgIpc) is 3.47. The first-order chi connectivity index (χ1) is 19.1. The van der Waals surface area contributed by atoms with Crippen LogP contribution in [0.2, 0.25) is 0 Å². The summed E-state index contributed by atoms with van der Waals surface area (Å²) in [6.07, 6.45) is 3.48. The summed E-state index contributed by atoms with van der Waals surface area (Å²) in [5.41, 5.74) is 5.40. The van der Waals surface area contributed by atoms with E-state index in [1.54, 1.807) is 18.5 Å². The van der Waals surface area contributed by atoms with Crippen LogP contribution in [0.15, 0.2) is 103 Å². The van der Waals surface area contributed by atoms with Crippen molar-refractivity contribution in [3.8, 4) is 17.0 Å². The molecule has 0 saturated carbocycles. The number of aliphatic hydroxyl groups excluding tert-OH is 1. The lowest BCUT2D eigenvalue weighted by molar-refractivity contribution is 0.0911. The first kappa shape index (κ1) is 25.7. The molecular formula is C31H29N5O3. The summed E-state index contributed by atoms with van der Waals surface area (Å²) in [4.78, 5) is 25.0. The van der Waals surface area contributed by atoms with Gasteiger partial charge in [-0.1, -0.05) is 66.7 Å². The maximum absolute atomic E-state index is 12.9. The minimum Gasteiger partial charge on any atom is -0.489 e. The average molecular weight is 520 g/mol. The first-order valence-corrected chi connectivity index (χ1v) is 12.6. The molecule has 8 heteroatoms. The Morgan fingerprint density at radius 2 is 1.77 bits per heavy atom. The van der Waals surface area contributed by atoms with Crippen molar-refractivity contribution >= 4 is 17.5 Å². The van der Waals surface area contributed by atoms with Gasteiger partial charge in [-0.3, -0.25) is 4.79 Å². The molecule has 0 radical (unpaired) electrons. The highest BCUT2D eigenvalue weighted by Crippen LogP contribution is 2.26. The van der Waals surface area contributed by atoms with Crippen LogP contribution in [0.5, 0.6) is 5.75 Å². The van der Waals surface area contributed by atoms with Gasteiger partial charge in [0.2, 0.25) is 5.95 Å². The number of carbonyl (C=O) groups is 1. The van der Waals surface area contributed by atoms with Gasteiger partial charge in [0.1, 0.15) is 18.1 Å². The number of anilines is 2. The smallest absolute Gasteiger partial charge is 0.268 e. The van der Waals surface area contributed by atoms with Crippen LogP contribution in [-0.2, 0) is 6.61 Å². The molecule has 0 bridgehead atoms. The van der Waals surface area contributed by atoms with Crippen LogP contribution in [0.4, 0.5) is 11.6 Å². The quantitative estimate of drug-likeness (QED) is 0.192. The second-order valence-electron chi connectivity index (χ2n) is 9.07. The van der Waals surface area contributed by atoms with Crippen LogP contribution in [0, 0.1) is 6.92 Å². The number of carbonyl (C=O) groups excluding carboxylic acids is 1. The monoisotopic (exact) mass is 519 g/mol. The molecule has 0 aliphatic rings. The lowest BCUT2D eigenvalue weighted by Gasteiger charge is -2.16. The van der Waals surface area contributed by atoms with Gasteiger partial charge in [0, 0.05) is 29.7 Å². The molecule has 0 aliphatic carbocycles. The van der Waals surface area contributed by atoms with Gasteiger partial charge in [0.05, 0.1) is 18.3 Å².